The van der Waals surface area contributed by atoms with Gasteiger partial charge in [0.15, 0.2) is 0 Å². The zero-order chi connectivity index (χ0) is 10.7. The Balaban J connectivity index is 2.83. The van der Waals surface area contributed by atoms with Crippen molar-refractivity contribution in [2.24, 2.45) is 12.8 Å². The summed E-state index contributed by atoms with van der Waals surface area (Å²) in [6, 6.07) is 2.06. The lowest BCUT2D eigenvalue weighted by molar-refractivity contribution is -0.138. The molecule has 14 heavy (non-hydrogen) atoms. The minimum absolute atomic E-state index is 0.127. The molecule has 0 saturated heterocycles. The summed E-state index contributed by atoms with van der Waals surface area (Å²) in [7, 11) is 1.61. The number of nitrogens with zero attached hydrogens (tertiary/aromatic N) is 1. The van der Waals surface area contributed by atoms with Crippen LogP contribution in [-0.2, 0) is 18.3 Å². The van der Waals surface area contributed by atoms with Crippen LogP contribution in [0.25, 0.3) is 0 Å². The van der Waals surface area contributed by atoms with Crippen molar-refractivity contribution >= 4 is 5.97 Å². The Labute approximate surface area is 80.8 Å². The van der Waals surface area contributed by atoms with Gasteiger partial charge in [0, 0.05) is 19.3 Å². The van der Waals surface area contributed by atoms with E-state index in [4.69, 9.17) is 10.8 Å². The summed E-state index contributed by atoms with van der Waals surface area (Å²) in [5.41, 5.74) is 5.96. The molecule has 0 radical (unpaired) electrons. The van der Waals surface area contributed by atoms with E-state index in [0.29, 0.717) is 0 Å². The first-order valence-electron chi connectivity index (χ1n) is 4.14. The van der Waals surface area contributed by atoms with Gasteiger partial charge in [-0.3, -0.25) is 9.59 Å². The summed E-state index contributed by atoms with van der Waals surface area (Å²) in [4.78, 5) is 21.5. The van der Waals surface area contributed by atoms with Gasteiger partial charge in [-0.1, -0.05) is 6.07 Å². The number of aromatic nitrogens is 1. The Morgan fingerprint density at radius 3 is 2.79 bits per heavy atom. The van der Waals surface area contributed by atoms with Crippen LogP contribution < -0.4 is 11.3 Å². The van der Waals surface area contributed by atoms with E-state index >= 15 is 0 Å². The monoisotopic (exact) mass is 196 g/mol. The van der Waals surface area contributed by atoms with Crippen molar-refractivity contribution in [3.05, 3.63) is 34.2 Å². The number of carboxylic acid groups (broad SMARTS) is 1. The lowest BCUT2D eigenvalue weighted by Gasteiger charge is -2.06. The highest BCUT2D eigenvalue weighted by atomic mass is 16.4. The molecule has 3 N–H and O–H groups in total. The van der Waals surface area contributed by atoms with Gasteiger partial charge in [-0.2, -0.15) is 0 Å². The highest BCUT2D eigenvalue weighted by molar-refractivity contribution is 5.73. The van der Waals surface area contributed by atoms with Crippen LogP contribution in [0.3, 0.4) is 0 Å². The molecule has 0 spiro atoms. The summed E-state index contributed by atoms with van der Waals surface area (Å²) in [6.45, 7) is 0. The van der Waals surface area contributed by atoms with Crippen LogP contribution in [0.15, 0.2) is 23.1 Å². The van der Waals surface area contributed by atoms with E-state index in [1.165, 1.54) is 10.6 Å². The summed E-state index contributed by atoms with van der Waals surface area (Å²) >= 11 is 0. The molecule has 1 aromatic heterocycles. The molecule has 1 heterocycles. The number of aryl methyl sites for hydroxylation is 1. The number of hydrogen-bond donors (Lipinski definition) is 2. The van der Waals surface area contributed by atoms with Gasteiger partial charge in [-0.15, -0.1) is 0 Å². The lowest BCUT2D eigenvalue weighted by atomic mass is 10.1. The van der Waals surface area contributed by atoms with E-state index in [0.717, 1.165) is 5.56 Å². The van der Waals surface area contributed by atoms with Crippen LogP contribution in [0, 0.1) is 0 Å². The predicted molar refractivity (Wildman–Crippen MR) is 51.0 cm³/mol. The van der Waals surface area contributed by atoms with Crippen molar-refractivity contribution in [1.82, 2.24) is 4.57 Å². The normalized spacial score (nSPS) is 12.4. The van der Waals surface area contributed by atoms with Crippen LogP contribution in [0.1, 0.15) is 5.56 Å². The average Bonchev–Trinajstić information content (AvgIpc) is 2.11. The van der Waals surface area contributed by atoms with Gasteiger partial charge < -0.3 is 15.4 Å². The molecule has 0 aliphatic heterocycles. The Morgan fingerprint density at radius 2 is 2.29 bits per heavy atom. The maximum atomic E-state index is 11.0. The zero-order valence-electron chi connectivity index (χ0n) is 7.80. The van der Waals surface area contributed by atoms with Crippen LogP contribution in [0.2, 0.25) is 0 Å². The maximum Gasteiger partial charge on any atom is 0.320 e. The third-order valence-electron chi connectivity index (χ3n) is 1.92. The molecule has 0 saturated carbocycles. The van der Waals surface area contributed by atoms with Crippen molar-refractivity contribution in [3.63, 3.8) is 0 Å². The second-order valence-corrected chi connectivity index (χ2v) is 3.14. The Hall–Kier alpha value is -1.62. The molecule has 5 nitrogen and oxygen atoms in total. The molecule has 0 fully saturated rings. The molecule has 1 aromatic rings. The van der Waals surface area contributed by atoms with Gasteiger partial charge in [0.2, 0.25) is 5.56 Å². The Kier molecular flexibility index (Phi) is 3.03. The Morgan fingerprint density at radius 1 is 1.64 bits per heavy atom. The van der Waals surface area contributed by atoms with Gasteiger partial charge in [0.1, 0.15) is 6.04 Å². The molecule has 0 aliphatic rings. The molecule has 0 unspecified atom stereocenters. The maximum absolute atomic E-state index is 11.0. The van der Waals surface area contributed by atoms with Crippen molar-refractivity contribution in [2.45, 2.75) is 12.5 Å². The summed E-state index contributed by atoms with van der Waals surface area (Å²) < 4.78 is 1.39. The van der Waals surface area contributed by atoms with E-state index < -0.39 is 12.0 Å². The van der Waals surface area contributed by atoms with Gasteiger partial charge in [0.25, 0.3) is 0 Å². The standard InChI is InChI=1S/C9H12N2O3/c1-11-5-6(2-3-8(11)12)4-7(10)9(13)14/h2-3,5,7H,4,10H2,1H3,(H,13,14)/t7-/m0/s1. The highest BCUT2D eigenvalue weighted by Gasteiger charge is 2.11. The number of carboxylic acids is 1. The van der Waals surface area contributed by atoms with Gasteiger partial charge >= 0.3 is 5.97 Å². The number of hydrogen-bond acceptors (Lipinski definition) is 3. The molecule has 1 rings (SSSR count). The van der Waals surface area contributed by atoms with Crippen LogP contribution in [0.4, 0.5) is 0 Å². The van der Waals surface area contributed by atoms with Crippen LogP contribution in [0.5, 0.6) is 0 Å². The van der Waals surface area contributed by atoms with Crippen molar-refractivity contribution in [2.75, 3.05) is 0 Å². The van der Waals surface area contributed by atoms with Crippen LogP contribution in [-0.4, -0.2) is 21.7 Å². The molecule has 0 amide bonds. The number of pyridine rings is 1. The molecule has 76 valence electrons. The minimum atomic E-state index is -1.04. The fourth-order valence-electron chi connectivity index (χ4n) is 1.11. The van der Waals surface area contributed by atoms with Crippen molar-refractivity contribution < 1.29 is 9.90 Å². The van der Waals surface area contributed by atoms with E-state index in [-0.39, 0.29) is 12.0 Å². The van der Waals surface area contributed by atoms with Crippen molar-refractivity contribution in [1.29, 1.82) is 0 Å². The van der Waals surface area contributed by atoms with Crippen molar-refractivity contribution in [3.8, 4) is 0 Å². The first kappa shape index (κ1) is 10.5. The molecule has 5 heteroatoms. The van der Waals surface area contributed by atoms with E-state index in [1.54, 1.807) is 19.3 Å². The second kappa shape index (κ2) is 4.06. The third-order valence-corrected chi connectivity index (χ3v) is 1.92. The lowest BCUT2D eigenvalue weighted by Crippen LogP contribution is -2.32. The minimum Gasteiger partial charge on any atom is -0.480 e. The number of nitrogens with two attached hydrogens (primary N) is 1. The van der Waals surface area contributed by atoms with Gasteiger partial charge in [0.05, 0.1) is 0 Å². The fourth-order valence-corrected chi connectivity index (χ4v) is 1.11. The molecular weight excluding hydrogens is 184 g/mol. The topological polar surface area (TPSA) is 85.3 Å². The second-order valence-electron chi connectivity index (χ2n) is 3.14. The predicted octanol–water partition coefficient (Wildman–Crippen LogP) is -0.660. The van der Waals surface area contributed by atoms with E-state index in [2.05, 4.69) is 0 Å². The smallest absolute Gasteiger partial charge is 0.320 e. The number of aliphatic carboxylic acids is 1. The van der Waals surface area contributed by atoms with Gasteiger partial charge in [-0.05, 0) is 12.0 Å². The molecule has 0 aliphatic carbocycles. The van der Waals surface area contributed by atoms with E-state index in [9.17, 15) is 9.59 Å². The first-order chi connectivity index (χ1) is 6.50. The van der Waals surface area contributed by atoms with Crippen LogP contribution >= 0.6 is 0 Å². The molecule has 1 atom stereocenters. The quantitative estimate of drug-likeness (QED) is 0.672. The largest absolute Gasteiger partial charge is 0.480 e. The molecular formula is C9H12N2O3. The Bertz CT molecular complexity index is 397. The van der Waals surface area contributed by atoms with E-state index in [1.807, 2.05) is 0 Å². The SMILES string of the molecule is Cn1cc(C[C@H](N)C(=O)O)ccc1=O. The first-order valence-corrected chi connectivity index (χ1v) is 4.14. The van der Waals surface area contributed by atoms with Gasteiger partial charge in [-0.25, -0.2) is 0 Å². The molecule has 0 aromatic carbocycles. The number of rotatable bonds is 3. The zero-order valence-corrected chi connectivity index (χ0v) is 7.80. The fraction of sp³-hybridized carbons (Fsp3) is 0.333. The highest BCUT2D eigenvalue weighted by Crippen LogP contribution is 1.99. The summed E-state index contributed by atoms with van der Waals surface area (Å²) in [6.07, 6.45) is 1.81. The molecule has 0 bridgehead atoms. The summed E-state index contributed by atoms with van der Waals surface area (Å²) in [5, 5.41) is 8.57. The third kappa shape index (κ3) is 2.43. The summed E-state index contributed by atoms with van der Waals surface area (Å²) in [5.74, 6) is -1.04. The number of carbonyl (C=O) groups is 1. The average molecular weight is 196 g/mol.